The van der Waals surface area contributed by atoms with Crippen molar-refractivity contribution in [3.05, 3.63) is 55.1 Å². The van der Waals surface area contributed by atoms with E-state index in [1.54, 1.807) is 11.3 Å². The summed E-state index contributed by atoms with van der Waals surface area (Å²) in [5.74, 6) is 0. The Bertz CT molecular complexity index is 516. The molecule has 1 N–H and O–H groups in total. The zero-order chi connectivity index (χ0) is 13.8. The number of nitrogens with one attached hydrogen (secondary N) is 1. The third kappa shape index (κ3) is 3.60. The van der Waals surface area contributed by atoms with Crippen LogP contribution in [0.25, 0.3) is 0 Å². The molecule has 0 aliphatic heterocycles. The second kappa shape index (κ2) is 6.89. The molecule has 2 aromatic rings. The minimum absolute atomic E-state index is 0.213. The molecule has 1 aromatic heterocycles. The van der Waals surface area contributed by atoms with E-state index in [4.69, 9.17) is 11.6 Å². The monoisotopic (exact) mass is 357 g/mol. The van der Waals surface area contributed by atoms with Gasteiger partial charge in [0.05, 0.1) is 14.9 Å². The molecular weight excluding hydrogens is 342 g/mol. The molecule has 0 aliphatic carbocycles. The summed E-state index contributed by atoms with van der Waals surface area (Å²) < 4.78 is 0.997. The fraction of sp³-hybridized carbons (Fsp3) is 0.333. The van der Waals surface area contributed by atoms with Gasteiger partial charge in [0.2, 0.25) is 0 Å². The van der Waals surface area contributed by atoms with Crippen LogP contribution in [0.1, 0.15) is 35.9 Å². The lowest BCUT2D eigenvalue weighted by Gasteiger charge is -2.17. The Labute approximate surface area is 132 Å². The number of thiophene rings is 1. The molecule has 0 amide bonds. The number of aryl methyl sites for hydroxylation is 1. The third-order valence-electron chi connectivity index (χ3n) is 3.08. The molecule has 0 saturated carbocycles. The molecule has 0 bridgehead atoms. The van der Waals surface area contributed by atoms with E-state index in [1.807, 2.05) is 6.07 Å². The Kier molecular flexibility index (Phi) is 5.46. The molecule has 1 heterocycles. The quantitative estimate of drug-likeness (QED) is 0.752. The van der Waals surface area contributed by atoms with Gasteiger partial charge in [-0.1, -0.05) is 49.7 Å². The van der Waals surface area contributed by atoms with Crippen LogP contribution >= 0.6 is 38.9 Å². The average molecular weight is 359 g/mol. The van der Waals surface area contributed by atoms with Gasteiger partial charge in [-0.3, -0.25) is 0 Å². The van der Waals surface area contributed by atoms with Gasteiger partial charge in [-0.25, -0.2) is 0 Å². The van der Waals surface area contributed by atoms with Crippen LogP contribution in [0.15, 0.2) is 34.1 Å². The minimum Gasteiger partial charge on any atom is -0.306 e. The van der Waals surface area contributed by atoms with Crippen molar-refractivity contribution in [2.45, 2.75) is 26.3 Å². The fourth-order valence-corrected chi connectivity index (χ4v) is 3.89. The van der Waals surface area contributed by atoms with E-state index in [0.29, 0.717) is 0 Å². The number of halogens is 2. The zero-order valence-electron chi connectivity index (χ0n) is 11.0. The van der Waals surface area contributed by atoms with Gasteiger partial charge in [-0.05, 0) is 46.1 Å². The van der Waals surface area contributed by atoms with Gasteiger partial charge in [0.15, 0.2) is 0 Å². The molecule has 0 spiro atoms. The normalized spacial score (nSPS) is 12.6. The average Bonchev–Trinajstić information content (AvgIpc) is 2.76. The second-order valence-corrected chi connectivity index (χ2v) is 7.17. The number of benzene rings is 1. The Morgan fingerprint density at radius 3 is 2.42 bits per heavy atom. The number of rotatable bonds is 5. The zero-order valence-corrected chi connectivity index (χ0v) is 14.2. The maximum Gasteiger partial charge on any atom is 0.0888 e. The van der Waals surface area contributed by atoms with Crippen molar-refractivity contribution in [1.82, 2.24) is 5.32 Å². The Morgan fingerprint density at radius 2 is 1.95 bits per heavy atom. The predicted octanol–water partition coefficient (Wildman–Crippen LogP) is 5.43. The number of hydrogen-bond donors (Lipinski definition) is 1. The van der Waals surface area contributed by atoms with Crippen molar-refractivity contribution in [2.24, 2.45) is 0 Å². The van der Waals surface area contributed by atoms with Crippen LogP contribution in [0.3, 0.4) is 0 Å². The summed E-state index contributed by atoms with van der Waals surface area (Å²) in [4.78, 5) is 1.24. The predicted molar refractivity (Wildman–Crippen MR) is 88.4 cm³/mol. The first-order chi connectivity index (χ1) is 9.15. The summed E-state index contributed by atoms with van der Waals surface area (Å²) in [7, 11) is 0. The summed E-state index contributed by atoms with van der Waals surface area (Å²) >= 11 is 11.3. The molecule has 0 saturated heterocycles. The molecule has 1 unspecified atom stereocenters. The first kappa shape index (κ1) is 15.0. The standard InChI is InChI=1S/C15H17BrClNS/c1-3-10-5-7-11(8-6-10)14(18-4-2)13-9-12(17)15(16)19-13/h5-9,14,18H,3-4H2,1-2H3. The van der Waals surface area contributed by atoms with Gasteiger partial charge in [0.1, 0.15) is 0 Å². The van der Waals surface area contributed by atoms with Gasteiger partial charge >= 0.3 is 0 Å². The maximum atomic E-state index is 6.14. The summed E-state index contributed by atoms with van der Waals surface area (Å²) in [6.45, 7) is 5.22. The van der Waals surface area contributed by atoms with E-state index in [0.717, 1.165) is 21.8 Å². The lowest BCUT2D eigenvalue weighted by Crippen LogP contribution is -2.21. The molecule has 19 heavy (non-hydrogen) atoms. The minimum atomic E-state index is 0.213. The summed E-state index contributed by atoms with van der Waals surface area (Å²) in [5, 5.41) is 4.31. The van der Waals surface area contributed by atoms with E-state index in [1.165, 1.54) is 16.0 Å². The molecule has 0 radical (unpaired) electrons. The van der Waals surface area contributed by atoms with E-state index < -0.39 is 0 Å². The molecule has 1 nitrogen and oxygen atoms in total. The molecule has 1 atom stereocenters. The van der Waals surface area contributed by atoms with Crippen molar-refractivity contribution in [2.75, 3.05) is 6.54 Å². The van der Waals surface area contributed by atoms with E-state index in [-0.39, 0.29) is 6.04 Å². The van der Waals surface area contributed by atoms with Crippen molar-refractivity contribution in [3.63, 3.8) is 0 Å². The third-order valence-corrected chi connectivity index (χ3v) is 5.62. The van der Waals surface area contributed by atoms with Crippen molar-refractivity contribution in [3.8, 4) is 0 Å². The smallest absolute Gasteiger partial charge is 0.0888 e. The highest BCUT2D eigenvalue weighted by Gasteiger charge is 2.17. The van der Waals surface area contributed by atoms with Crippen molar-refractivity contribution < 1.29 is 0 Å². The van der Waals surface area contributed by atoms with Crippen molar-refractivity contribution in [1.29, 1.82) is 0 Å². The van der Waals surface area contributed by atoms with E-state index in [9.17, 15) is 0 Å². The highest BCUT2D eigenvalue weighted by molar-refractivity contribution is 9.11. The molecule has 2 rings (SSSR count). The summed E-state index contributed by atoms with van der Waals surface area (Å²) in [6, 6.07) is 11.1. The number of hydrogen-bond acceptors (Lipinski definition) is 2. The van der Waals surface area contributed by atoms with Crippen LogP contribution in [-0.2, 0) is 6.42 Å². The van der Waals surface area contributed by atoms with Gasteiger partial charge in [0, 0.05) is 4.88 Å². The second-order valence-electron chi connectivity index (χ2n) is 4.36. The van der Waals surface area contributed by atoms with Crippen LogP contribution in [0, 0.1) is 0 Å². The molecule has 4 heteroatoms. The lowest BCUT2D eigenvalue weighted by molar-refractivity contribution is 0.639. The molecule has 0 aliphatic rings. The topological polar surface area (TPSA) is 12.0 Å². The lowest BCUT2D eigenvalue weighted by atomic mass is 10.0. The van der Waals surface area contributed by atoms with Crippen LogP contribution in [-0.4, -0.2) is 6.54 Å². The molecule has 1 aromatic carbocycles. The SMILES string of the molecule is CCNC(c1ccc(CC)cc1)c1cc(Cl)c(Br)s1. The van der Waals surface area contributed by atoms with Crippen LogP contribution in [0.2, 0.25) is 5.02 Å². The van der Waals surface area contributed by atoms with Gasteiger partial charge in [-0.15, -0.1) is 11.3 Å². The first-order valence-electron chi connectivity index (χ1n) is 6.42. The summed E-state index contributed by atoms with van der Waals surface area (Å²) in [5.41, 5.74) is 2.65. The molecular formula is C15H17BrClNS. The highest BCUT2D eigenvalue weighted by atomic mass is 79.9. The maximum absolute atomic E-state index is 6.14. The van der Waals surface area contributed by atoms with Gasteiger partial charge < -0.3 is 5.32 Å². The van der Waals surface area contributed by atoms with E-state index >= 15 is 0 Å². The largest absolute Gasteiger partial charge is 0.306 e. The fourth-order valence-electron chi connectivity index (χ4n) is 2.04. The summed E-state index contributed by atoms with van der Waals surface area (Å²) in [6.07, 6.45) is 1.07. The molecule has 102 valence electrons. The van der Waals surface area contributed by atoms with Crippen molar-refractivity contribution >= 4 is 38.9 Å². The highest BCUT2D eigenvalue weighted by Crippen LogP contribution is 2.37. The Morgan fingerprint density at radius 1 is 1.26 bits per heavy atom. The van der Waals surface area contributed by atoms with E-state index in [2.05, 4.69) is 59.4 Å². The first-order valence-corrected chi connectivity index (χ1v) is 8.41. The Balaban J connectivity index is 2.33. The van der Waals surface area contributed by atoms with Gasteiger partial charge in [0.25, 0.3) is 0 Å². The van der Waals surface area contributed by atoms with Crippen LogP contribution in [0.5, 0.6) is 0 Å². The van der Waals surface area contributed by atoms with Gasteiger partial charge in [-0.2, -0.15) is 0 Å². The molecule has 0 fully saturated rings. The Hall–Kier alpha value is -0.350. The van der Waals surface area contributed by atoms with Crippen LogP contribution < -0.4 is 5.32 Å². The van der Waals surface area contributed by atoms with Crippen LogP contribution in [0.4, 0.5) is 0 Å².